The average Bonchev–Trinajstić information content (AvgIpc) is 2.57. The summed E-state index contributed by atoms with van der Waals surface area (Å²) in [5.41, 5.74) is 1.55. The molecule has 2 aliphatic rings. The summed E-state index contributed by atoms with van der Waals surface area (Å²) in [7, 11) is 0. The Morgan fingerprint density at radius 1 is 1.27 bits per heavy atom. The molecule has 2 atom stereocenters. The molecule has 1 heterocycles. The van der Waals surface area contributed by atoms with E-state index in [9.17, 15) is 0 Å². The third-order valence-corrected chi connectivity index (χ3v) is 2.86. The highest BCUT2D eigenvalue weighted by molar-refractivity contribution is 5.32. The van der Waals surface area contributed by atoms with Crippen LogP contribution in [0, 0.1) is 0 Å². The molecule has 0 aromatic heterocycles. The molecule has 2 unspecified atom stereocenters. The molecule has 1 saturated carbocycles. The van der Waals surface area contributed by atoms with Crippen molar-refractivity contribution in [2.45, 2.75) is 24.5 Å². The molecule has 0 bridgehead atoms. The van der Waals surface area contributed by atoms with Crippen LogP contribution in [0.3, 0.4) is 0 Å². The largest absolute Gasteiger partial charge is 0.361 e. The van der Waals surface area contributed by atoms with E-state index in [4.69, 9.17) is 4.74 Å². The van der Waals surface area contributed by atoms with Gasteiger partial charge in [-0.2, -0.15) is 0 Å². The van der Waals surface area contributed by atoms with Crippen molar-refractivity contribution in [3.05, 3.63) is 35.9 Å². The Balaban J connectivity index is 2.01. The van der Waals surface area contributed by atoms with Gasteiger partial charge in [-0.3, -0.25) is 0 Å². The summed E-state index contributed by atoms with van der Waals surface area (Å²) in [5.74, 6) is 0. The Morgan fingerprint density at radius 2 is 2.09 bits per heavy atom. The van der Waals surface area contributed by atoms with E-state index in [0.717, 1.165) is 0 Å². The maximum absolute atomic E-state index is 5.60. The minimum absolute atomic E-state index is 0.182. The van der Waals surface area contributed by atoms with Gasteiger partial charge in [-0.15, -0.1) is 0 Å². The molecule has 0 N–H and O–H groups in total. The number of ether oxygens (including phenoxy) is 1. The van der Waals surface area contributed by atoms with Gasteiger partial charge in [0, 0.05) is 0 Å². The van der Waals surface area contributed by atoms with Gasteiger partial charge in [-0.05, 0) is 18.4 Å². The zero-order chi connectivity index (χ0) is 7.31. The van der Waals surface area contributed by atoms with Crippen LogP contribution < -0.4 is 0 Å². The Labute approximate surface area is 66.0 Å². The van der Waals surface area contributed by atoms with Crippen molar-refractivity contribution >= 4 is 0 Å². The fraction of sp³-hybridized carbons (Fsp3) is 0.400. The summed E-state index contributed by atoms with van der Waals surface area (Å²) in [6.07, 6.45) is 3.04. The predicted octanol–water partition coefficient (Wildman–Crippen LogP) is 2.07. The zero-order valence-corrected chi connectivity index (χ0v) is 6.29. The fourth-order valence-corrected chi connectivity index (χ4v) is 1.98. The van der Waals surface area contributed by atoms with Gasteiger partial charge in [0.05, 0.1) is 6.10 Å². The standard InChI is InChI=1S/C10H10O/c1-2-4-8(5-3-1)10-7-6-9(10)11-10/h1-5,9H,6-7H2. The lowest BCUT2D eigenvalue weighted by Crippen LogP contribution is -2.22. The van der Waals surface area contributed by atoms with Gasteiger partial charge in [0.1, 0.15) is 5.60 Å². The van der Waals surface area contributed by atoms with Crippen molar-refractivity contribution in [2.75, 3.05) is 0 Å². The van der Waals surface area contributed by atoms with Gasteiger partial charge >= 0.3 is 0 Å². The number of rotatable bonds is 1. The first kappa shape index (κ1) is 5.78. The number of hydrogen-bond donors (Lipinski definition) is 0. The van der Waals surface area contributed by atoms with Crippen LogP contribution in [0.25, 0.3) is 0 Å². The van der Waals surface area contributed by atoms with Gasteiger partial charge in [0.15, 0.2) is 0 Å². The number of fused-ring (bicyclic) bond motifs is 1. The van der Waals surface area contributed by atoms with E-state index in [2.05, 4.69) is 30.3 Å². The van der Waals surface area contributed by atoms with Gasteiger partial charge in [0.2, 0.25) is 0 Å². The van der Waals surface area contributed by atoms with E-state index >= 15 is 0 Å². The average molecular weight is 146 g/mol. The molecule has 1 saturated heterocycles. The van der Waals surface area contributed by atoms with E-state index in [0.29, 0.717) is 6.10 Å². The number of benzene rings is 1. The van der Waals surface area contributed by atoms with E-state index in [1.54, 1.807) is 0 Å². The Bertz CT molecular complexity index is 276. The zero-order valence-electron chi connectivity index (χ0n) is 6.29. The SMILES string of the molecule is c1ccc(C23CCC2O3)cc1. The van der Waals surface area contributed by atoms with E-state index in [-0.39, 0.29) is 5.60 Å². The molecular formula is C10H10O. The van der Waals surface area contributed by atoms with Crippen molar-refractivity contribution in [3.8, 4) is 0 Å². The lowest BCUT2D eigenvalue weighted by atomic mass is 9.80. The monoisotopic (exact) mass is 146 g/mol. The first-order chi connectivity index (χ1) is 5.42. The van der Waals surface area contributed by atoms with Gasteiger partial charge in [-0.25, -0.2) is 0 Å². The van der Waals surface area contributed by atoms with Gasteiger partial charge in [0.25, 0.3) is 0 Å². The summed E-state index contributed by atoms with van der Waals surface area (Å²) in [4.78, 5) is 0. The smallest absolute Gasteiger partial charge is 0.120 e. The summed E-state index contributed by atoms with van der Waals surface area (Å²) in [6.45, 7) is 0. The topological polar surface area (TPSA) is 12.5 Å². The molecule has 0 amide bonds. The highest BCUT2D eigenvalue weighted by atomic mass is 16.6. The van der Waals surface area contributed by atoms with Crippen molar-refractivity contribution in [2.24, 2.45) is 0 Å². The third-order valence-electron chi connectivity index (χ3n) is 2.86. The van der Waals surface area contributed by atoms with Crippen LogP contribution in [0.4, 0.5) is 0 Å². The van der Waals surface area contributed by atoms with E-state index in [1.165, 1.54) is 18.4 Å². The van der Waals surface area contributed by atoms with E-state index in [1.807, 2.05) is 0 Å². The molecule has 1 aliphatic carbocycles. The molecule has 1 nitrogen and oxygen atoms in total. The van der Waals surface area contributed by atoms with Crippen molar-refractivity contribution < 1.29 is 4.74 Å². The second-order valence-corrected chi connectivity index (χ2v) is 3.40. The van der Waals surface area contributed by atoms with Crippen LogP contribution in [-0.4, -0.2) is 6.10 Å². The summed E-state index contributed by atoms with van der Waals surface area (Å²) in [5, 5.41) is 0. The number of epoxide rings is 1. The minimum Gasteiger partial charge on any atom is -0.361 e. The molecule has 0 spiro atoms. The predicted molar refractivity (Wildman–Crippen MR) is 42.2 cm³/mol. The highest BCUT2D eigenvalue weighted by Gasteiger charge is 2.64. The number of hydrogen-bond acceptors (Lipinski definition) is 1. The van der Waals surface area contributed by atoms with Crippen LogP contribution in [0.1, 0.15) is 18.4 Å². The third kappa shape index (κ3) is 0.596. The lowest BCUT2D eigenvalue weighted by molar-refractivity contribution is 0.320. The second-order valence-electron chi connectivity index (χ2n) is 3.40. The molecule has 3 rings (SSSR count). The Hall–Kier alpha value is -0.820. The molecule has 1 aliphatic heterocycles. The minimum atomic E-state index is 0.182. The van der Waals surface area contributed by atoms with Crippen LogP contribution in [0.5, 0.6) is 0 Å². The summed E-state index contributed by atoms with van der Waals surface area (Å²) >= 11 is 0. The maximum Gasteiger partial charge on any atom is 0.120 e. The van der Waals surface area contributed by atoms with Crippen LogP contribution in [0.2, 0.25) is 0 Å². The van der Waals surface area contributed by atoms with Crippen molar-refractivity contribution in [1.82, 2.24) is 0 Å². The van der Waals surface area contributed by atoms with E-state index < -0.39 is 0 Å². The molecule has 1 aromatic rings. The van der Waals surface area contributed by atoms with Gasteiger partial charge in [-0.1, -0.05) is 30.3 Å². The molecular weight excluding hydrogens is 136 g/mol. The van der Waals surface area contributed by atoms with Crippen molar-refractivity contribution in [3.63, 3.8) is 0 Å². The Kier molecular flexibility index (Phi) is 0.878. The fourth-order valence-electron chi connectivity index (χ4n) is 1.98. The Morgan fingerprint density at radius 3 is 2.55 bits per heavy atom. The maximum atomic E-state index is 5.60. The van der Waals surface area contributed by atoms with Gasteiger partial charge < -0.3 is 4.74 Å². The molecule has 56 valence electrons. The first-order valence-electron chi connectivity index (χ1n) is 4.15. The summed E-state index contributed by atoms with van der Waals surface area (Å²) < 4.78 is 5.60. The van der Waals surface area contributed by atoms with Crippen LogP contribution in [-0.2, 0) is 10.3 Å². The molecule has 2 fully saturated rings. The summed E-state index contributed by atoms with van der Waals surface area (Å²) in [6, 6.07) is 10.6. The molecule has 0 radical (unpaired) electrons. The highest BCUT2D eigenvalue weighted by Crippen LogP contribution is 2.60. The van der Waals surface area contributed by atoms with Crippen molar-refractivity contribution in [1.29, 1.82) is 0 Å². The first-order valence-corrected chi connectivity index (χ1v) is 4.15. The molecule has 11 heavy (non-hydrogen) atoms. The second kappa shape index (κ2) is 1.67. The molecule has 1 aromatic carbocycles. The quantitative estimate of drug-likeness (QED) is 0.552. The normalized spacial score (nSPS) is 39.1. The molecule has 1 heteroatoms. The van der Waals surface area contributed by atoms with Crippen LogP contribution >= 0.6 is 0 Å². The van der Waals surface area contributed by atoms with Crippen LogP contribution in [0.15, 0.2) is 30.3 Å². The lowest BCUT2D eigenvalue weighted by Gasteiger charge is -2.19.